The highest BCUT2D eigenvalue weighted by Gasteiger charge is 2.05. The molecule has 0 aromatic heterocycles. The molecule has 5 nitrogen and oxygen atoms in total. The van der Waals surface area contributed by atoms with Gasteiger partial charge < -0.3 is 14.9 Å². The van der Waals surface area contributed by atoms with Gasteiger partial charge in [0.1, 0.15) is 0 Å². The van der Waals surface area contributed by atoms with Gasteiger partial charge in [0, 0.05) is 25.2 Å². The molecule has 0 spiro atoms. The van der Waals surface area contributed by atoms with Crippen LogP contribution in [0, 0.1) is 0 Å². The number of hydrogen-bond acceptors (Lipinski definition) is 5. The van der Waals surface area contributed by atoms with Crippen LogP contribution in [0.25, 0.3) is 0 Å². The van der Waals surface area contributed by atoms with E-state index in [1.54, 1.807) is 6.92 Å². The summed E-state index contributed by atoms with van der Waals surface area (Å²) in [5, 5.41) is 17.5. The molecule has 94 valence electrons. The minimum atomic E-state index is -0.379. The first kappa shape index (κ1) is 15.1. The number of esters is 1. The zero-order chi connectivity index (χ0) is 12.4. The normalized spacial score (nSPS) is 10.5. The fourth-order valence-corrected chi connectivity index (χ4v) is 1.19. The molecule has 16 heavy (non-hydrogen) atoms. The summed E-state index contributed by atoms with van der Waals surface area (Å²) in [6, 6.07) is 0. The van der Waals surface area contributed by atoms with Crippen molar-refractivity contribution < 1.29 is 19.7 Å². The van der Waals surface area contributed by atoms with Gasteiger partial charge in [-0.2, -0.15) is 0 Å². The zero-order valence-corrected chi connectivity index (χ0v) is 9.81. The molecule has 0 fully saturated rings. The topological polar surface area (TPSA) is 70.0 Å². The average Bonchev–Trinajstić information content (AvgIpc) is 2.24. The molecule has 0 heterocycles. The van der Waals surface area contributed by atoms with Gasteiger partial charge in [0.15, 0.2) is 0 Å². The highest BCUT2D eigenvalue weighted by Crippen LogP contribution is 1.95. The quantitative estimate of drug-likeness (QED) is 0.326. The van der Waals surface area contributed by atoms with E-state index >= 15 is 0 Å². The monoisotopic (exact) mass is 231 g/mol. The molecule has 2 N–H and O–H groups in total. The molecule has 0 saturated heterocycles. The molecule has 0 aliphatic heterocycles. The van der Waals surface area contributed by atoms with E-state index in [0.717, 1.165) is 0 Å². The van der Waals surface area contributed by atoms with E-state index < -0.39 is 0 Å². The Kier molecular flexibility index (Phi) is 8.80. The van der Waals surface area contributed by atoms with E-state index in [-0.39, 0.29) is 19.2 Å². The van der Waals surface area contributed by atoms with Crippen molar-refractivity contribution in [3.8, 4) is 0 Å². The number of nitrogens with zero attached hydrogens (tertiary/aromatic N) is 1. The maximum atomic E-state index is 11.0. The first-order valence-corrected chi connectivity index (χ1v) is 5.38. The Hall–Kier alpha value is -0.910. The summed E-state index contributed by atoms with van der Waals surface area (Å²) < 4.78 is 4.92. The summed E-state index contributed by atoms with van der Waals surface area (Å²) in [7, 11) is 0. The largest absolute Gasteiger partial charge is 0.462 e. The fourth-order valence-electron chi connectivity index (χ4n) is 1.19. The molecule has 0 aromatic rings. The van der Waals surface area contributed by atoms with Crippen LogP contribution in [-0.2, 0) is 9.53 Å². The van der Waals surface area contributed by atoms with Gasteiger partial charge in [-0.25, -0.2) is 4.79 Å². The van der Waals surface area contributed by atoms with Gasteiger partial charge in [-0.1, -0.05) is 6.58 Å². The maximum Gasteiger partial charge on any atom is 0.333 e. The van der Waals surface area contributed by atoms with Gasteiger partial charge in [-0.15, -0.1) is 0 Å². The Morgan fingerprint density at radius 3 is 2.25 bits per heavy atom. The third-order valence-corrected chi connectivity index (χ3v) is 2.03. The molecule has 0 saturated carbocycles. The van der Waals surface area contributed by atoms with Crippen molar-refractivity contribution in [3.05, 3.63) is 12.2 Å². The van der Waals surface area contributed by atoms with Crippen molar-refractivity contribution in [2.75, 3.05) is 39.5 Å². The lowest BCUT2D eigenvalue weighted by atomic mass is 10.3. The average molecular weight is 231 g/mol. The number of aliphatic hydroxyl groups is 2. The second kappa shape index (κ2) is 9.33. The van der Waals surface area contributed by atoms with Crippen LogP contribution in [0.2, 0.25) is 0 Å². The second-order valence-electron chi connectivity index (χ2n) is 3.56. The van der Waals surface area contributed by atoms with Crippen LogP contribution in [0.5, 0.6) is 0 Å². The predicted molar refractivity (Wildman–Crippen MR) is 61.0 cm³/mol. The van der Waals surface area contributed by atoms with E-state index in [1.807, 2.05) is 4.90 Å². The summed E-state index contributed by atoms with van der Waals surface area (Å²) >= 11 is 0. The lowest BCUT2D eigenvalue weighted by molar-refractivity contribution is -0.139. The zero-order valence-electron chi connectivity index (χ0n) is 9.81. The molecule has 0 bridgehead atoms. The lowest BCUT2D eigenvalue weighted by Gasteiger charge is -2.19. The van der Waals surface area contributed by atoms with Crippen molar-refractivity contribution in [1.29, 1.82) is 0 Å². The Morgan fingerprint density at radius 2 is 1.81 bits per heavy atom. The van der Waals surface area contributed by atoms with Crippen molar-refractivity contribution in [2.24, 2.45) is 0 Å². The summed E-state index contributed by atoms with van der Waals surface area (Å²) in [6.07, 6.45) is 0.680. The molecule has 0 aliphatic rings. The SMILES string of the molecule is C=C(C)C(=O)OCCCN(CCO)CCO. The molecule has 0 aliphatic carbocycles. The number of carbonyl (C=O) groups excluding carboxylic acids is 1. The van der Waals surface area contributed by atoms with Gasteiger partial charge in [0.05, 0.1) is 19.8 Å². The number of ether oxygens (including phenoxy) is 1. The molecule has 0 radical (unpaired) electrons. The molecular formula is C11H21NO4. The van der Waals surface area contributed by atoms with Gasteiger partial charge in [-0.05, 0) is 13.3 Å². The summed E-state index contributed by atoms with van der Waals surface area (Å²) in [6.45, 7) is 7.27. The third-order valence-electron chi connectivity index (χ3n) is 2.03. The molecular weight excluding hydrogens is 210 g/mol. The lowest BCUT2D eigenvalue weighted by Crippen LogP contribution is -2.31. The molecule has 5 heteroatoms. The standard InChI is InChI=1S/C11H21NO4/c1-10(2)11(15)16-9-3-4-12(5-7-13)6-8-14/h13-14H,1,3-9H2,2H3. The smallest absolute Gasteiger partial charge is 0.333 e. The van der Waals surface area contributed by atoms with Crippen molar-refractivity contribution in [2.45, 2.75) is 13.3 Å². The fraction of sp³-hybridized carbons (Fsp3) is 0.727. The van der Waals surface area contributed by atoms with E-state index in [0.29, 0.717) is 38.2 Å². The van der Waals surface area contributed by atoms with Crippen LogP contribution in [0.1, 0.15) is 13.3 Å². The minimum Gasteiger partial charge on any atom is -0.462 e. The first-order chi connectivity index (χ1) is 7.61. The Morgan fingerprint density at radius 1 is 1.25 bits per heavy atom. The molecule has 0 unspecified atom stereocenters. The Labute approximate surface area is 96.3 Å². The molecule has 0 aromatic carbocycles. The molecule has 0 atom stereocenters. The number of rotatable bonds is 9. The van der Waals surface area contributed by atoms with Gasteiger partial charge >= 0.3 is 5.97 Å². The predicted octanol–water partition coefficient (Wildman–Crippen LogP) is -0.218. The summed E-state index contributed by atoms with van der Waals surface area (Å²) in [4.78, 5) is 12.9. The van der Waals surface area contributed by atoms with Gasteiger partial charge in [0.2, 0.25) is 0 Å². The number of aliphatic hydroxyl groups excluding tert-OH is 2. The highest BCUT2D eigenvalue weighted by atomic mass is 16.5. The molecule has 0 amide bonds. The minimum absolute atomic E-state index is 0.0611. The Bertz CT molecular complexity index is 212. The van der Waals surface area contributed by atoms with E-state index in [2.05, 4.69) is 6.58 Å². The van der Waals surface area contributed by atoms with Gasteiger partial charge in [-0.3, -0.25) is 4.90 Å². The number of carbonyl (C=O) groups is 1. The summed E-state index contributed by atoms with van der Waals surface area (Å²) in [5.74, 6) is -0.379. The first-order valence-electron chi connectivity index (χ1n) is 5.38. The third kappa shape index (κ3) is 7.39. The Balaban J connectivity index is 3.61. The van der Waals surface area contributed by atoms with Crippen LogP contribution >= 0.6 is 0 Å². The van der Waals surface area contributed by atoms with Crippen LogP contribution in [0.4, 0.5) is 0 Å². The van der Waals surface area contributed by atoms with Gasteiger partial charge in [0.25, 0.3) is 0 Å². The van der Waals surface area contributed by atoms with Crippen LogP contribution in [0.3, 0.4) is 0 Å². The highest BCUT2D eigenvalue weighted by molar-refractivity contribution is 5.86. The second-order valence-corrected chi connectivity index (χ2v) is 3.56. The van der Waals surface area contributed by atoms with E-state index in [4.69, 9.17) is 14.9 Å². The summed E-state index contributed by atoms with van der Waals surface area (Å²) in [5.41, 5.74) is 0.391. The van der Waals surface area contributed by atoms with Crippen LogP contribution in [0.15, 0.2) is 12.2 Å². The maximum absolute atomic E-state index is 11.0. The van der Waals surface area contributed by atoms with Crippen LogP contribution < -0.4 is 0 Å². The van der Waals surface area contributed by atoms with Crippen molar-refractivity contribution in [3.63, 3.8) is 0 Å². The number of hydrogen-bond donors (Lipinski definition) is 2. The van der Waals surface area contributed by atoms with Crippen molar-refractivity contribution in [1.82, 2.24) is 4.90 Å². The van der Waals surface area contributed by atoms with Crippen molar-refractivity contribution >= 4 is 5.97 Å². The van der Waals surface area contributed by atoms with E-state index in [9.17, 15) is 4.79 Å². The van der Waals surface area contributed by atoms with E-state index in [1.165, 1.54) is 0 Å². The van der Waals surface area contributed by atoms with Crippen LogP contribution in [-0.4, -0.2) is 60.5 Å². The molecule has 0 rings (SSSR count).